The van der Waals surface area contributed by atoms with Crippen molar-refractivity contribution in [1.29, 1.82) is 0 Å². The van der Waals surface area contributed by atoms with Gasteiger partial charge >= 0.3 is 0 Å². The second-order valence-corrected chi connectivity index (χ2v) is 8.83. The van der Waals surface area contributed by atoms with Crippen LogP contribution in [0.4, 0.5) is 5.82 Å². The van der Waals surface area contributed by atoms with E-state index in [1.165, 1.54) is 22.6 Å². The molecule has 4 aromatic rings. The van der Waals surface area contributed by atoms with Crippen molar-refractivity contribution in [1.82, 2.24) is 14.9 Å². The maximum Gasteiger partial charge on any atom is 0.191 e. The van der Waals surface area contributed by atoms with Gasteiger partial charge in [-0.3, -0.25) is 4.79 Å². The van der Waals surface area contributed by atoms with Gasteiger partial charge in [0.1, 0.15) is 5.82 Å². The molecular formula is C28H34N4O. The lowest BCUT2D eigenvalue weighted by atomic mass is 10.0. The quantitative estimate of drug-likeness (QED) is 0.302. The molecule has 0 saturated heterocycles. The molecule has 2 heterocycles. The van der Waals surface area contributed by atoms with Crippen molar-refractivity contribution in [2.45, 2.75) is 40.2 Å². The number of nitrogens with one attached hydrogen (secondary N) is 3. The summed E-state index contributed by atoms with van der Waals surface area (Å²) in [6.45, 7) is 9.17. The smallest absolute Gasteiger partial charge is 0.191 e. The second-order valence-electron chi connectivity index (χ2n) is 8.83. The minimum atomic E-state index is 0.0470. The third-order valence-electron chi connectivity index (χ3n) is 6.31. The monoisotopic (exact) mass is 442 g/mol. The first-order valence-electron chi connectivity index (χ1n) is 11.9. The Hall–Kier alpha value is -3.31. The highest BCUT2D eigenvalue weighted by molar-refractivity contribution is 5.79. The summed E-state index contributed by atoms with van der Waals surface area (Å²) in [6, 6.07) is 22.1. The number of benzene rings is 2. The molecule has 2 aromatic carbocycles. The van der Waals surface area contributed by atoms with Crippen LogP contribution in [0, 0.1) is 19.8 Å². The van der Waals surface area contributed by atoms with E-state index in [-0.39, 0.29) is 5.43 Å². The number of anilines is 1. The van der Waals surface area contributed by atoms with Crippen LogP contribution in [0.25, 0.3) is 16.6 Å². The lowest BCUT2D eigenvalue weighted by Crippen LogP contribution is -2.28. The highest BCUT2D eigenvalue weighted by Gasteiger charge is 2.12. The first kappa shape index (κ1) is 22.9. The van der Waals surface area contributed by atoms with Gasteiger partial charge in [0.25, 0.3) is 0 Å². The maximum atomic E-state index is 12.4. The zero-order valence-electron chi connectivity index (χ0n) is 19.8. The van der Waals surface area contributed by atoms with Crippen LogP contribution in [0.1, 0.15) is 36.7 Å². The summed E-state index contributed by atoms with van der Waals surface area (Å²) in [5.74, 6) is 1.26. The van der Waals surface area contributed by atoms with E-state index in [2.05, 4.69) is 77.4 Å². The van der Waals surface area contributed by atoms with Crippen LogP contribution < -0.4 is 16.1 Å². The van der Waals surface area contributed by atoms with Crippen LogP contribution in [0.3, 0.4) is 0 Å². The van der Waals surface area contributed by atoms with Gasteiger partial charge in [-0.2, -0.15) is 0 Å². The highest BCUT2D eigenvalue weighted by Crippen LogP contribution is 2.21. The Balaban J connectivity index is 1.37. The van der Waals surface area contributed by atoms with E-state index in [0.29, 0.717) is 5.92 Å². The molecule has 2 aromatic heterocycles. The summed E-state index contributed by atoms with van der Waals surface area (Å²) in [5, 5.41) is 7.85. The predicted molar refractivity (Wildman–Crippen MR) is 138 cm³/mol. The summed E-state index contributed by atoms with van der Waals surface area (Å²) in [5.41, 5.74) is 5.99. The molecule has 0 radical (unpaired) electrons. The van der Waals surface area contributed by atoms with Crippen molar-refractivity contribution in [3.8, 4) is 5.69 Å². The molecule has 5 nitrogen and oxygen atoms in total. The molecule has 172 valence electrons. The number of para-hydroxylation sites is 2. The fourth-order valence-electron chi connectivity index (χ4n) is 4.62. The van der Waals surface area contributed by atoms with Crippen LogP contribution >= 0.6 is 0 Å². The molecule has 0 fully saturated rings. The minimum Gasteiger partial charge on any atom is -0.371 e. The molecular weight excluding hydrogens is 408 g/mol. The normalized spacial score (nSPS) is 12.2. The van der Waals surface area contributed by atoms with Crippen LogP contribution in [-0.2, 0) is 6.54 Å². The van der Waals surface area contributed by atoms with Gasteiger partial charge in [0.05, 0.1) is 5.52 Å². The summed E-state index contributed by atoms with van der Waals surface area (Å²) >= 11 is 0. The molecule has 0 aliphatic heterocycles. The Morgan fingerprint density at radius 1 is 0.970 bits per heavy atom. The number of pyridine rings is 1. The Morgan fingerprint density at radius 2 is 1.73 bits per heavy atom. The Kier molecular flexibility index (Phi) is 7.30. The van der Waals surface area contributed by atoms with Gasteiger partial charge in [-0.05, 0) is 68.6 Å². The first-order chi connectivity index (χ1) is 16.1. The number of aromatic amines is 1. The predicted octanol–water partition coefficient (Wildman–Crippen LogP) is 5.55. The van der Waals surface area contributed by atoms with E-state index < -0.39 is 0 Å². The zero-order chi connectivity index (χ0) is 23.2. The number of hydrogen-bond donors (Lipinski definition) is 3. The number of rotatable bonds is 10. The van der Waals surface area contributed by atoms with E-state index >= 15 is 0 Å². The largest absolute Gasteiger partial charge is 0.371 e. The van der Waals surface area contributed by atoms with Gasteiger partial charge in [-0.15, -0.1) is 0 Å². The van der Waals surface area contributed by atoms with Crippen LogP contribution in [-0.4, -0.2) is 22.6 Å². The van der Waals surface area contributed by atoms with Crippen molar-refractivity contribution >= 4 is 16.7 Å². The van der Waals surface area contributed by atoms with Crippen molar-refractivity contribution < 1.29 is 0 Å². The van der Waals surface area contributed by atoms with Gasteiger partial charge in [0.2, 0.25) is 0 Å². The fourth-order valence-corrected chi connectivity index (χ4v) is 4.62. The highest BCUT2D eigenvalue weighted by atomic mass is 16.1. The minimum absolute atomic E-state index is 0.0470. The van der Waals surface area contributed by atoms with Gasteiger partial charge in [0, 0.05) is 41.6 Å². The number of nitrogens with zero attached hydrogens (tertiary/aromatic N) is 1. The summed E-state index contributed by atoms with van der Waals surface area (Å²) in [6.07, 6.45) is 2.26. The Bertz CT molecular complexity index is 1260. The van der Waals surface area contributed by atoms with Gasteiger partial charge in [-0.1, -0.05) is 43.7 Å². The molecule has 5 heteroatoms. The van der Waals surface area contributed by atoms with Gasteiger partial charge < -0.3 is 20.2 Å². The molecule has 0 bridgehead atoms. The number of aromatic nitrogens is 2. The van der Waals surface area contributed by atoms with E-state index in [9.17, 15) is 4.79 Å². The molecule has 0 saturated carbocycles. The molecule has 1 unspecified atom stereocenters. The molecule has 4 rings (SSSR count). The molecule has 3 N–H and O–H groups in total. The van der Waals surface area contributed by atoms with Crippen molar-refractivity contribution in [2.24, 2.45) is 5.92 Å². The second kappa shape index (κ2) is 10.5. The fraction of sp³-hybridized carbons (Fsp3) is 0.321. The van der Waals surface area contributed by atoms with Crippen molar-refractivity contribution in [3.05, 3.63) is 93.9 Å². The number of fused-ring (bicyclic) bond motifs is 1. The van der Waals surface area contributed by atoms with E-state index in [1.807, 2.05) is 24.3 Å². The molecule has 33 heavy (non-hydrogen) atoms. The first-order valence-corrected chi connectivity index (χ1v) is 11.9. The summed E-state index contributed by atoms with van der Waals surface area (Å²) < 4.78 is 2.32. The van der Waals surface area contributed by atoms with Crippen molar-refractivity contribution in [3.63, 3.8) is 0 Å². The Labute approximate surface area is 195 Å². The number of hydrogen-bond acceptors (Lipinski definition) is 3. The third-order valence-corrected chi connectivity index (χ3v) is 6.31. The van der Waals surface area contributed by atoms with Crippen molar-refractivity contribution in [2.75, 3.05) is 18.4 Å². The van der Waals surface area contributed by atoms with Crippen LogP contribution in [0.2, 0.25) is 0 Å². The van der Waals surface area contributed by atoms with Gasteiger partial charge in [-0.25, -0.2) is 0 Å². The van der Waals surface area contributed by atoms with E-state index in [1.54, 1.807) is 6.07 Å². The average Bonchev–Trinajstić information content (AvgIpc) is 3.11. The Morgan fingerprint density at radius 3 is 2.52 bits per heavy atom. The molecule has 0 aliphatic rings. The SMILES string of the molecule is CCCC(CNCc1cc(C)n(-c2ccccc2)c1C)CNc1cc(=O)c2ccccc2[nH]1. The lowest BCUT2D eigenvalue weighted by Gasteiger charge is -2.19. The van der Waals surface area contributed by atoms with Crippen LogP contribution in [0.15, 0.2) is 71.5 Å². The molecule has 1 atom stereocenters. The third kappa shape index (κ3) is 5.37. The topological polar surface area (TPSA) is 61.9 Å². The van der Waals surface area contributed by atoms with Gasteiger partial charge in [0.15, 0.2) is 5.43 Å². The average molecular weight is 443 g/mol. The van der Waals surface area contributed by atoms with E-state index in [4.69, 9.17) is 0 Å². The lowest BCUT2D eigenvalue weighted by molar-refractivity contribution is 0.458. The molecule has 0 spiro atoms. The number of aryl methyl sites for hydroxylation is 1. The zero-order valence-corrected chi connectivity index (χ0v) is 19.8. The molecule has 0 amide bonds. The summed E-state index contributed by atoms with van der Waals surface area (Å²) in [4.78, 5) is 15.7. The number of H-pyrrole nitrogens is 1. The summed E-state index contributed by atoms with van der Waals surface area (Å²) in [7, 11) is 0. The van der Waals surface area contributed by atoms with E-state index in [0.717, 1.165) is 49.2 Å². The maximum absolute atomic E-state index is 12.4. The standard InChI is InChI=1S/C28H34N4O/c1-4-10-22(18-30-28-16-27(33)25-13-8-9-14-26(25)31-28)17-29-19-23-15-20(2)32(21(23)3)24-11-6-5-7-12-24/h5-9,11-16,22,29H,4,10,17-19H2,1-3H3,(H2,30,31,33). The van der Waals surface area contributed by atoms with Crippen LogP contribution in [0.5, 0.6) is 0 Å². The molecule has 0 aliphatic carbocycles.